The number of rotatable bonds is 10. The first-order valence-electron chi connectivity index (χ1n) is 6.94. The highest BCUT2D eigenvalue weighted by molar-refractivity contribution is 7.89. The van der Waals surface area contributed by atoms with Crippen LogP contribution in [0.25, 0.3) is 0 Å². The Morgan fingerprint density at radius 2 is 1.67 bits per heavy atom. The fourth-order valence-corrected chi connectivity index (χ4v) is 4.31. The molecule has 0 aliphatic carbocycles. The smallest absolute Gasteiger partial charge is 0.212 e. The molecular weight excluding hydrogens is 270 g/mol. The van der Waals surface area contributed by atoms with E-state index < -0.39 is 10.0 Å². The van der Waals surface area contributed by atoms with Gasteiger partial charge in [0.2, 0.25) is 10.0 Å². The fraction of sp³-hybridized carbons (Fsp3) is 1.00. The van der Waals surface area contributed by atoms with Crippen LogP contribution < -0.4 is 0 Å². The third-order valence-corrected chi connectivity index (χ3v) is 5.27. The minimum atomic E-state index is -3.14. The highest BCUT2D eigenvalue weighted by Gasteiger charge is 2.27. The lowest BCUT2D eigenvalue weighted by Crippen LogP contribution is -2.43. The summed E-state index contributed by atoms with van der Waals surface area (Å²) >= 11 is 5.60. The second-order valence-corrected chi connectivity index (χ2v) is 7.57. The van der Waals surface area contributed by atoms with Crippen molar-refractivity contribution in [3.8, 4) is 0 Å². The lowest BCUT2D eigenvalue weighted by Gasteiger charge is -2.31. The normalized spacial score (nSPS) is 12.9. The monoisotopic (exact) mass is 297 g/mol. The molecule has 110 valence electrons. The molecular formula is C13H28ClNO2S. The van der Waals surface area contributed by atoms with Gasteiger partial charge in [0.25, 0.3) is 0 Å². The quantitative estimate of drug-likeness (QED) is 0.457. The molecule has 0 amide bonds. The fourth-order valence-electron chi connectivity index (χ4n) is 2.04. The van der Waals surface area contributed by atoms with Gasteiger partial charge in [-0.3, -0.25) is 0 Å². The first kappa shape index (κ1) is 18.2. The summed E-state index contributed by atoms with van der Waals surface area (Å²) in [7, 11) is -3.14. The van der Waals surface area contributed by atoms with Gasteiger partial charge in [-0.1, -0.05) is 27.7 Å². The molecule has 0 spiro atoms. The van der Waals surface area contributed by atoms with Crippen molar-refractivity contribution < 1.29 is 8.42 Å². The highest BCUT2D eigenvalue weighted by Crippen LogP contribution is 2.17. The number of hydrogen-bond acceptors (Lipinski definition) is 2. The number of alkyl halides is 1. The van der Waals surface area contributed by atoms with Gasteiger partial charge in [0.15, 0.2) is 0 Å². The van der Waals surface area contributed by atoms with E-state index in [2.05, 4.69) is 27.7 Å². The summed E-state index contributed by atoms with van der Waals surface area (Å²) in [5, 5.41) is 0. The van der Waals surface area contributed by atoms with Gasteiger partial charge >= 0.3 is 0 Å². The zero-order chi connectivity index (χ0) is 14.2. The van der Waals surface area contributed by atoms with E-state index in [1.54, 1.807) is 4.31 Å². The van der Waals surface area contributed by atoms with Gasteiger partial charge in [-0.15, -0.1) is 11.6 Å². The average molecular weight is 298 g/mol. The van der Waals surface area contributed by atoms with E-state index in [0.29, 0.717) is 24.8 Å². The van der Waals surface area contributed by atoms with Gasteiger partial charge in [-0.2, -0.15) is 4.31 Å². The molecule has 5 heteroatoms. The van der Waals surface area contributed by atoms with E-state index in [0.717, 1.165) is 19.3 Å². The Balaban J connectivity index is 4.81. The summed E-state index contributed by atoms with van der Waals surface area (Å²) in [6.45, 7) is 8.84. The van der Waals surface area contributed by atoms with Gasteiger partial charge in [-0.05, 0) is 31.6 Å². The zero-order valence-electron chi connectivity index (χ0n) is 12.2. The van der Waals surface area contributed by atoms with Crippen LogP contribution in [0.2, 0.25) is 0 Å². The molecule has 0 bridgehead atoms. The zero-order valence-corrected chi connectivity index (χ0v) is 13.7. The van der Waals surface area contributed by atoms with Gasteiger partial charge in [0.05, 0.1) is 5.75 Å². The topological polar surface area (TPSA) is 37.4 Å². The van der Waals surface area contributed by atoms with Crippen molar-refractivity contribution in [2.45, 2.75) is 59.4 Å². The summed E-state index contributed by atoms with van der Waals surface area (Å²) in [6, 6.07) is 0.133. The Kier molecular flexibility index (Phi) is 9.26. The summed E-state index contributed by atoms with van der Waals surface area (Å²) in [5.74, 6) is 1.11. The second-order valence-electron chi connectivity index (χ2n) is 5.15. The Morgan fingerprint density at radius 3 is 2.06 bits per heavy atom. The second kappa shape index (κ2) is 9.16. The summed E-state index contributed by atoms with van der Waals surface area (Å²) < 4.78 is 26.5. The average Bonchev–Trinajstić information content (AvgIpc) is 2.29. The van der Waals surface area contributed by atoms with E-state index in [1.807, 2.05) is 0 Å². The van der Waals surface area contributed by atoms with Crippen LogP contribution in [0, 0.1) is 5.92 Å². The maximum absolute atomic E-state index is 12.4. The van der Waals surface area contributed by atoms with Crippen molar-refractivity contribution in [2.24, 2.45) is 5.92 Å². The maximum Gasteiger partial charge on any atom is 0.214 e. The SMILES string of the molecule is CCC(CC)N(CC(C)C)S(=O)(=O)CCCCCl. The number of hydrogen-bond donors (Lipinski definition) is 0. The molecule has 0 heterocycles. The Morgan fingerprint density at radius 1 is 1.11 bits per heavy atom. The van der Waals surface area contributed by atoms with Crippen LogP contribution in [0.4, 0.5) is 0 Å². The van der Waals surface area contributed by atoms with Gasteiger partial charge in [0.1, 0.15) is 0 Å². The molecule has 0 aromatic heterocycles. The minimum Gasteiger partial charge on any atom is -0.212 e. The summed E-state index contributed by atoms with van der Waals surface area (Å²) in [4.78, 5) is 0. The summed E-state index contributed by atoms with van der Waals surface area (Å²) in [5.41, 5.74) is 0. The van der Waals surface area contributed by atoms with Crippen molar-refractivity contribution in [1.29, 1.82) is 0 Å². The maximum atomic E-state index is 12.4. The van der Waals surface area contributed by atoms with E-state index in [1.165, 1.54) is 0 Å². The van der Waals surface area contributed by atoms with E-state index >= 15 is 0 Å². The molecule has 0 saturated heterocycles. The lowest BCUT2D eigenvalue weighted by molar-refractivity contribution is 0.276. The first-order chi connectivity index (χ1) is 8.38. The van der Waals surface area contributed by atoms with Crippen molar-refractivity contribution in [3.05, 3.63) is 0 Å². The molecule has 0 rings (SSSR count). The predicted molar refractivity (Wildman–Crippen MR) is 79.7 cm³/mol. The number of halogens is 1. The molecule has 0 aromatic carbocycles. The van der Waals surface area contributed by atoms with Gasteiger partial charge in [-0.25, -0.2) is 8.42 Å². The molecule has 18 heavy (non-hydrogen) atoms. The third kappa shape index (κ3) is 6.39. The van der Waals surface area contributed by atoms with E-state index in [-0.39, 0.29) is 11.8 Å². The number of nitrogens with zero attached hydrogens (tertiary/aromatic N) is 1. The third-order valence-electron chi connectivity index (χ3n) is 3.04. The number of sulfonamides is 1. The van der Waals surface area contributed by atoms with Crippen LogP contribution in [0.15, 0.2) is 0 Å². The Labute approximate surface area is 118 Å². The molecule has 3 nitrogen and oxygen atoms in total. The van der Waals surface area contributed by atoms with Crippen LogP contribution in [0.3, 0.4) is 0 Å². The largest absolute Gasteiger partial charge is 0.214 e. The predicted octanol–water partition coefficient (Wildman–Crippen LogP) is 3.48. The van der Waals surface area contributed by atoms with Crippen LogP contribution in [0.5, 0.6) is 0 Å². The van der Waals surface area contributed by atoms with Crippen molar-refractivity contribution in [3.63, 3.8) is 0 Å². The molecule has 0 unspecified atom stereocenters. The Hall–Kier alpha value is 0.200. The molecule has 0 aliphatic rings. The molecule has 0 saturated carbocycles. The van der Waals surface area contributed by atoms with Gasteiger partial charge < -0.3 is 0 Å². The molecule has 0 radical (unpaired) electrons. The van der Waals surface area contributed by atoms with Crippen molar-refractivity contribution >= 4 is 21.6 Å². The van der Waals surface area contributed by atoms with Crippen molar-refractivity contribution in [2.75, 3.05) is 18.2 Å². The van der Waals surface area contributed by atoms with Crippen LogP contribution in [0.1, 0.15) is 53.4 Å². The lowest BCUT2D eigenvalue weighted by atomic mass is 10.1. The van der Waals surface area contributed by atoms with Crippen LogP contribution >= 0.6 is 11.6 Å². The van der Waals surface area contributed by atoms with Gasteiger partial charge in [0, 0.05) is 18.5 Å². The molecule has 0 aromatic rings. The minimum absolute atomic E-state index is 0.133. The Bertz CT molecular complexity index is 300. The van der Waals surface area contributed by atoms with Crippen molar-refractivity contribution in [1.82, 2.24) is 4.31 Å². The molecule has 0 atom stereocenters. The van der Waals surface area contributed by atoms with Crippen LogP contribution in [-0.2, 0) is 10.0 Å². The molecule has 0 fully saturated rings. The molecule has 0 N–H and O–H groups in total. The molecule has 0 aliphatic heterocycles. The van der Waals surface area contributed by atoms with E-state index in [4.69, 9.17) is 11.6 Å². The van der Waals surface area contributed by atoms with Crippen LogP contribution in [-0.4, -0.2) is 36.9 Å². The highest BCUT2D eigenvalue weighted by atomic mass is 35.5. The first-order valence-corrected chi connectivity index (χ1v) is 9.08. The standard InChI is InChI=1S/C13H28ClNO2S/c1-5-13(6-2)15(11-12(3)4)18(16,17)10-8-7-9-14/h12-13H,5-11H2,1-4H3. The van der Waals surface area contributed by atoms with E-state index in [9.17, 15) is 8.42 Å². The number of unbranched alkanes of at least 4 members (excludes halogenated alkanes) is 1. The summed E-state index contributed by atoms with van der Waals surface area (Å²) in [6.07, 6.45) is 3.16.